The Morgan fingerprint density at radius 1 is 0.371 bits per heavy atom. The summed E-state index contributed by atoms with van der Waals surface area (Å²) >= 11 is 0. The predicted octanol–water partition coefficient (Wildman–Crippen LogP) is 16.5. The van der Waals surface area contributed by atoms with Gasteiger partial charge in [-0.15, -0.1) is 0 Å². The molecule has 1 fully saturated rings. The summed E-state index contributed by atoms with van der Waals surface area (Å²) in [6.45, 7) is 0. The fourth-order valence-electron chi connectivity index (χ4n) is 11.2. The molecule has 0 radical (unpaired) electrons. The molecule has 2 aliphatic rings. The van der Waals surface area contributed by atoms with E-state index in [1.165, 1.54) is 115 Å². The van der Waals surface area contributed by atoms with Crippen LogP contribution in [0.25, 0.3) is 72.0 Å². The molecule has 62 heavy (non-hydrogen) atoms. The van der Waals surface area contributed by atoms with Gasteiger partial charge in [0.25, 0.3) is 0 Å². The van der Waals surface area contributed by atoms with Crippen LogP contribution in [0.3, 0.4) is 0 Å². The Bertz CT molecular complexity index is 3280. The second kappa shape index (κ2) is 14.9. The van der Waals surface area contributed by atoms with E-state index in [-0.39, 0.29) is 5.41 Å². The average Bonchev–Trinajstić information content (AvgIpc) is 3.82. The Morgan fingerprint density at radius 3 is 1.69 bits per heavy atom. The standard InChI is InChI=1S/C60H46N2/c1-4-21-42(22-5-1)45-25-8-9-26-46(45)47-27-10-11-28-48(47)49-29-13-16-34-55(49)62(57-36-20-33-54-59(57)52-31-12-15-32-53(52)60(54)39-18-3-19-40-60)44-37-38-51-50-30-14-17-35-56(50)61(58(51)41-44)43-23-6-2-7-24-43/h1-2,4-17,20-38,41H,3,18-19,39-40H2. The summed E-state index contributed by atoms with van der Waals surface area (Å²) in [4.78, 5) is 2.58. The van der Waals surface area contributed by atoms with Crippen LogP contribution in [-0.2, 0) is 5.41 Å². The molecule has 0 unspecified atom stereocenters. The number of fused-ring (bicyclic) bond motifs is 8. The highest BCUT2D eigenvalue weighted by atomic mass is 15.2. The lowest BCUT2D eigenvalue weighted by Gasteiger charge is -2.36. The topological polar surface area (TPSA) is 8.17 Å². The SMILES string of the molecule is c1ccc(-c2ccccc2-c2ccccc2-c2ccccc2N(c2ccc3c4ccccc4n(-c4ccccc4)c3c2)c2cccc3c2-c2ccccc2C32CCCCC2)cc1. The molecule has 1 spiro atoms. The number of benzene rings is 9. The lowest BCUT2D eigenvalue weighted by Crippen LogP contribution is -2.28. The third-order valence-electron chi connectivity index (χ3n) is 13.8. The van der Waals surface area contributed by atoms with E-state index in [0.29, 0.717) is 0 Å². The summed E-state index contributed by atoms with van der Waals surface area (Å²) in [6, 6.07) is 81.0. The van der Waals surface area contributed by atoms with E-state index in [4.69, 9.17) is 0 Å². The van der Waals surface area contributed by atoms with Crippen LogP contribution in [0.5, 0.6) is 0 Å². The number of aromatic nitrogens is 1. The Kier molecular flexibility index (Phi) is 8.78. The first-order chi connectivity index (χ1) is 30.8. The van der Waals surface area contributed by atoms with Crippen LogP contribution in [0.15, 0.2) is 218 Å². The van der Waals surface area contributed by atoms with Gasteiger partial charge in [0.05, 0.1) is 22.4 Å². The van der Waals surface area contributed by atoms with Crippen LogP contribution in [0.1, 0.15) is 43.2 Å². The van der Waals surface area contributed by atoms with Crippen molar-refractivity contribution in [2.24, 2.45) is 0 Å². The highest BCUT2D eigenvalue weighted by Crippen LogP contribution is 2.59. The highest BCUT2D eigenvalue weighted by molar-refractivity contribution is 6.11. The zero-order valence-electron chi connectivity index (χ0n) is 34.7. The van der Waals surface area contributed by atoms with E-state index in [2.05, 4.69) is 228 Å². The highest BCUT2D eigenvalue weighted by Gasteiger charge is 2.45. The first-order valence-corrected chi connectivity index (χ1v) is 22.2. The minimum Gasteiger partial charge on any atom is -0.309 e. The second-order valence-corrected chi connectivity index (χ2v) is 17.1. The third-order valence-corrected chi connectivity index (χ3v) is 13.8. The van der Waals surface area contributed by atoms with Crippen molar-refractivity contribution in [3.05, 3.63) is 230 Å². The molecule has 0 aliphatic heterocycles. The molecule has 2 nitrogen and oxygen atoms in total. The summed E-state index contributed by atoms with van der Waals surface area (Å²) in [6.07, 6.45) is 6.20. The molecule has 0 atom stereocenters. The molecule has 1 heterocycles. The molecular formula is C60H46N2. The maximum Gasteiger partial charge on any atom is 0.0561 e. The minimum atomic E-state index is 0.0306. The van der Waals surface area contributed by atoms with Gasteiger partial charge in [0.2, 0.25) is 0 Å². The number of hydrogen-bond acceptors (Lipinski definition) is 1. The largest absolute Gasteiger partial charge is 0.309 e. The van der Waals surface area contributed by atoms with Gasteiger partial charge in [0.1, 0.15) is 0 Å². The van der Waals surface area contributed by atoms with Crippen molar-refractivity contribution in [2.75, 3.05) is 4.90 Å². The van der Waals surface area contributed by atoms with E-state index in [9.17, 15) is 0 Å². The first kappa shape index (κ1) is 36.4. The van der Waals surface area contributed by atoms with Gasteiger partial charge in [-0.3, -0.25) is 0 Å². The fraction of sp³-hybridized carbons (Fsp3) is 0.100. The van der Waals surface area contributed by atoms with Gasteiger partial charge < -0.3 is 9.47 Å². The number of anilines is 3. The number of hydrogen-bond donors (Lipinski definition) is 0. The Labute approximate surface area is 364 Å². The van der Waals surface area contributed by atoms with E-state index >= 15 is 0 Å². The summed E-state index contributed by atoms with van der Waals surface area (Å²) in [5.74, 6) is 0. The van der Waals surface area contributed by atoms with E-state index in [0.717, 1.165) is 17.1 Å². The van der Waals surface area contributed by atoms with Gasteiger partial charge in [-0.05, 0) is 99.8 Å². The van der Waals surface area contributed by atoms with Crippen LogP contribution < -0.4 is 4.90 Å². The first-order valence-electron chi connectivity index (χ1n) is 22.2. The van der Waals surface area contributed by atoms with Crippen molar-refractivity contribution in [3.63, 3.8) is 0 Å². The summed E-state index contributed by atoms with van der Waals surface area (Å²) in [7, 11) is 0. The average molecular weight is 795 g/mol. The fourth-order valence-corrected chi connectivity index (χ4v) is 11.2. The number of para-hydroxylation sites is 3. The Morgan fingerprint density at radius 2 is 0.919 bits per heavy atom. The van der Waals surface area contributed by atoms with Gasteiger partial charge >= 0.3 is 0 Å². The van der Waals surface area contributed by atoms with Crippen molar-refractivity contribution in [3.8, 4) is 50.2 Å². The molecule has 12 rings (SSSR count). The lowest BCUT2D eigenvalue weighted by atomic mass is 9.68. The molecule has 0 amide bonds. The predicted molar refractivity (Wildman–Crippen MR) is 261 cm³/mol. The van der Waals surface area contributed by atoms with Crippen LogP contribution in [0, 0.1) is 0 Å². The van der Waals surface area contributed by atoms with Gasteiger partial charge in [0, 0.05) is 38.7 Å². The maximum atomic E-state index is 2.58. The Balaban J connectivity index is 1.15. The molecule has 2 heteroatoms. The van der Waals surface area contributed by atoms with Crippen molar-refractivity contribution >= 4 is 38.9 Å². The quantitative estimate of drug-likeness (QED) is 0.156. The van der Waals surface area contributed by atoms with Crippen LogP contribution in [0.4, 0.5) is 17.1 Å². The smallest absolute Gasteiger partial charge is 0.0561 e. The van der Waals surface area contributed by atoms with Gasteiger partial charge in [-0.1, -0.05) is 195 Å². The van der Waals surface area contributed by atoms with Gasteiger partial charge in [0.15, 0.2) is 0 Å². The molecule has 296 valence electrons. The lowest BCUT2D eigenvalue weighted by molar-refractivity contribution is 0.353. The van der Waals surface area contributed by atoms with Gasteiger partial charge in [-0.25, -0.2) is 0 Å². The molecule has 1 aromatic heterocycles. The number of nitrogens with zero attached hydrogens (tertiary/aromatic N) is 2. The normalized spacial score (nSPS) is 13.9. The second-order valence-electron chi connectivity index (χ2n) is 17.1. The van der Waals surface area contributed by atoms with Gasteiger partial charge in [-0.2, -0.15) is 0 Å². The van der Waals surface area contributed by atoms with E-state index in [1.807, 2.05) is 0 Å². The van der Waals surface area contributed by atoms with Crippen LogP contribution in [0.2, 0.25) is 0 Å². The molecule has 9 aromatic carbocycles. The summed E-state index contributed by atoms with van der Waals surface area (Å²) in [5, 5.41) is 2.50. The molecule has 0 bridgehead atoms. The molecule has 0 N–H and O–H groups in total. The molecule has 1 saturated carbocycles. The third kappa shape index (κ3) is 5.71. The zero-order valence-corrected chi connectivity index (χ0v) is 34.7. The molecule has 0 saturated heterocycles. The maximum absolute atomic E-state index is 2.58. The van der Waals surface area contributed by atoms with E-state index < -0.39 is 0 Å². The zero-order chi connectivity index (χ0) is 41.0. The molecular weight excluding hydrogens is 749 g/mol. The summed E-state index contributed by atoms with van der Waals surface area (Å²) < 4.78 is 2.44. The van der Waals surface area contributed by atoms with Crippen LogP contribution >= 0.6 is 0 Å². The van der Waals surface area contributed by atoms with Crippen molar-refractivity contribution in [2.45, 2.75) is 37.5 Å². The Hall–Kier alpha value is -7.42. The number of rotatable bonds is 7. The van der Waals surface area contributed by atoms with E-state index in [1.54, 1.807) is 0 Å². The van der Waals surface area contributed by atoms with Crippen LogP contribution in [-0.4, -0.2) is 4.57 Å². The molecule has 2 aliphatic carbocycles. The summed E-state index contributed by atoms with van der Waals surface area (Å²) in [5.41, 5.74) is 20.0. The molecule has 10 aromatic rings. The van der Waals surface area contributed by atoms with Crippen molar-refractivity contribution < 1.29 is 0 Å². The minimum absolute atomic E-state index is 0.0306. The van der Waals surface area contributed by atoms with Crippen molar-refractivity contribution in [1.82, 2.24) is 4.57 Å². The van der Waals surface area contributed by atoms with Crippen molar-refractivity contribution in [1.29, 1.82) is 0 Å². The monoisotopic (exact) mass is 794 g/mol.